The van der Waals surface area contributed by atoms with E-state index in [1.54, 1.807) is 12.1 Å². The van der Waals surface area contributed by atoms with Crippen LogP contribution in [-0.4, -0.2) is 54.3 Å². The monoisotopic (exact) mass is 405 g/mol. The number of halogens is 2. The van der Waals surface area contributed by atoms with Crippen molar-refractivity contribution >= 4 is 47.2 Å². The minimum Gasteiger partial charge on any atom is -0.342 e. The molecule has 1 aromatic rings. The first-order valence-corrected chi connectivity index (χ1v) is 9.65. The molecule has 0 bridgehead atoms. The van der Waals surface area contributed by atoms with E-state index in [2.05, 4.69) is 6.92 Å². The average Bonchev–Trinajstić information content (AvgIpc) is 3.20. The normalized spacial score (nSPS) is 24.3. The maximum Gasteiger partial charge on any atom is 0.263 e. The van der Waals surface area contributed by atoms with Crippen LogP contribution in [0.5, 0.6) is 0 Å². The molecule has 2 amide bonds. The van der Waals surface area contributed by atoms with Gasteiger partial charge in [-0.2, -0.15) is 0 Å². The van der Waals surface area contributed by atoms with Crippen LogP contribution in [0.3, 0.4) is 0 Å². The largest absolute Gasteiger partial charge is 0.342 e. The lowest BCUT2D eigenvalue weighted by atomic mass is 9.90. The van der Waals surface area contributed by atoms with Gasteiger partial charge in [0.25, 0.3) is 5.91 Å². The number of nitrogens with two attached hydrogens (primary N) is 1. The van der Waals surface area contributed by atoms with Crippen molar-refractivity contribution in [1.82, 2.24) is 9.80 Å². The number of rotatable bonds is 3. The van der Waals surface area contributed by atoms with Crippen LogP contribution in [0.1, 0.15) is 35.9 Å². The summed E-state index contributed by atoms with van der Waals surface area (Å²) in [6.07, 6.45) is 2.45. The third kappa shape index (κ3) is 4.48. The van der Waals surface area contributed by atoms with Gasteiger partial charge in [-0.05, 0) is 43.4 Å². The van der Waals surface area contributed by atoms with Gasteiger partial charge in [0.2, 0.25) is 5.91 Å². The number of hydrogen-bond acceptors (Lipinski definition) is 4. The van der Waals surface area contributed by atoms with Crippen LogP contribution in [-0.2, 0) is 4.79 Å². The Bertz CT molecular complexity index is 631. The number of thiophene rings is 1. The molecule has 0 aromatic carbocycles. The van der Waals surface area contributed by atoms with Crippen molar-refractivity contribution in [1.29, 1.82) is 0 Å². The van der Waals surface area contributed by atoms with Crippen LogP contribution in [0.15, 0.2) is 12.1 Å². The number of likely N-dealkylation sites (tertiary alicyclic amines) is 2. The molecule has 1 unspecified atom stereocenters. The van der Waals surface area contributed by atoms with Gasteiger partial charge in [-0.1, -0.05) is 18.5 Å². The van der Waals surface area contributed by atoms with Gasteiger partial charge in [0.1, 0.15) is 0 Å². The molecule has 5 nitrogen and oxygen atoms in total. The Morgan fingerprint density at radius 1 is 1.28 bits per heavy atom. The summed E-state index contributed by atoms with van der Waals surface area (Å²) in [4.78, 5) is 29.6. The third-order valence-electron chi connectivity index (χ3n) is 5.28. The Morgan fingerprint density at radius 3 is 2.48 bits per heavy atom. The highest BCUT2D eigenvalue weighted by molar-refractivity contribution is 7.17. The second-order valence-electron chi connectivity index (χ2n) is 7.19. The van der Waals surface area contributed by atoms with Crippen LogP contribution in [0.4, 0.5) is 0 Å². The van der Waals surface area contributed by atoms with Gasteiger partial charge in [0.15, 0.2) is 0 Å². The molecule has 25 heavy (non-hydrogen) atoms. The minimum absolute atomic E-state index is 0. The van der Waals surface area contributed by atoms with Gasteiger partial charge in [-0.25, -0.2) is 0 Å². The Labute approximate surface area is 163 Å². The fourth-order valence-corrected chi connectivity index (χ4v) is 4.56. The second kappa shape index (κ2) is 8.25. The Kier molecular flexibility index (Phi) is 6.76. The van der Waals surface area contributed by atoms with E-state index < -0.39 is 0 Å². The molecule has 0 radical (unpaired) electrons. The van der Waals surface area contributed by atoms with Crippen LogP contribution in [0.2, 0.25) is 4.34 Å². The van der Waals surface area contributed by atoms with Crippen molar-refractivity contribution in [3.8, 4) is 0 Å². The van der Waals surface area contributed by atoms with Crippen molar-refractivity contribution in [3.63, 3.8) is 0 Å². The smallest absolute Gasteiger partial charge is 0.263 e. The Morgan fingerprint density at radius 2 is 1.96 bits per heavy atom. The zero-order valence-electron chi connectivity index (χ0n) is 14.4. The van der Waals surface area contributed by atoms with Gasteiger partial charge in [0, 0.05) is 32.1 Å². The number of nitrogens with zero attached hydrogens (tertiary/aromatic N) is 2. The highest BCUT2D eigenvalue weighted by Gasteiger charge is 2.38. The minimum atomic E-state index is 0. The van der Waals surface area contributed by atoms with Gasteiger partial charge in [-0.3, -0.25) is 9.59 Å². The van der Waals surface area contributed by atoms with Gasteiger partial charge < -0.3 is 15.5 Å². The quantitative estimate of drug-likeness (QED) is 0.840. The van der Waals surface area contributed by atoms with E-state index in [1.165, 1.54) is 11.3 Å². The number of carbonyl (C=O) groups is 2. The first-order chi connectivity index (χ1) is 11.4. The molecule has 3 rings (SSSR count). The molecule has 0 spiro atoms. The van der Waals surface area contributed by atoms with E-state index in [9.17, 15) is 9.59 Å². The summed E-state index contributed by atoms with van der Waals surface area (Å²) in [7, 11) is 0. The Hall–Kier alpha value is -0.820. The fraction of sp³-hybridized carbons (Fsp3) is 0.647. The Balaban J connectivity index is 0.00000225. The first-order valence-electron chi connectivity index (χ1n) is 8.45. The standard InChI is InChI=1S/C17H24ClN3O2S.ClH/c1-17(10-19)6-9-21(11-17)15(22)12-4-7-20(8-5-12)16(23)13-2-3-14(18)24-13;/h2-3,12H,4-11,19H2,1H3;1H. The van der Waals surface area contributed by atoms with E-state index in [4.69, 9.17) is 17.3 Å². The molecule has 0 aliphatic carbocycles. The number of hydrogen-bond donors (Lipinski definition) is 1. The number of amides is 2. The number of piperidine rings is 1. The fourth-order valence-electron chi connectivity index (χ4n) is 3.55. The maximum absolute atomic E-state index is 12.7. The summed E-state index contributed by atoms with van der Waals surface area (Å²) in [5.41, 5.74) is 5.89. The van der Waals surface area contributed by atoms with E-state index >= 15 is 0 Å². The van der Waals surface area contributed by atoms with Crippen LogP contribution >= 0.6 is 35.3 Å². The predicted octanol–water partition coefficient (Wildman–Crippen LogP) is 2.87. The molecule has 8 heteroatoms. The van der Waals surface area contributed by atoms with Gasteiger partial charge in [-0.15, -0.1) is 23.7 Å². The lowest BCUT2D eigenvalue weighted by Gasteiger charge is -2.33. The van der Waals surface area contributed by atoms with E-state index in [0.717, 1.165) is 32.4 Å². The van der Waals surface area contributed by atoms with E-state index in [1.807, 2.05) is 9.80 Å². The van der Waals surface area contributed by atoms with Crippen molar-refractivity contribution in [2.24, 2.45) is 17.1 Å². The molecule has 2 fully saturated rings. The molecule has 1 aromatic heterocycles. The van der Waals surface area contributed by atoms with Crippen molar-refractivity contribution in [3.05, 3.63) is 21.3 Å². The maximum atomic E-state index is 12.7. The summed E-state index contributed by atoms with van der Waals surface area (Å²) in [5, 5.41) is 0. The van der Waals surface area contributed by atoms with Crippen LogP contribution in [0, 0.1) is 11.3 Å². The number of carbonyl (C=O) groups excluding carboxylic acids is 2. The molecule has 1 atom stereocenters. The third-order valence-corrected chi connectivity index (χ3v) is 6.50. The molecule has 3 heterocycles. The van der Waals surface area contributed by atoms with Crippen molar-refractivity contribution in [2.75, 3.05) is 32.7 Å². The molecular formula is C17H25Cl2N3O2S. The molecule has 140 valence electrons. The highest BCUT2D eigenvalue weighted by atomic mass is 35.5. The summed E-state index contributed by atoms with van der Waals surface area (Å²) in [6, 6.07) is 3.52. The SMILES string of the molecule is CC1(CN)CCN(C(=O)C2CCN(C(=O)c3ccc(Cl)s3)CC2)C1.Cl. The summed E-state index contributed by atoms with van der Waals surface area (Å²) in [6.45, 7) is 5.59. The topological polar surface area (TPSA) is 66.6 Å². The van der Waals surface area contributed by atoms with Crippen LogP contribution in [0.25, 0.3) is 0 Å². The van der Waals surface area contributed by atoms with E-state index in [0.29, 0.717) is 28.8 Å². The van der Waals surface area contributed by atoms with Crippen LogP contribution < -0.4 is 5.73 Å². The predicted molar refractivity (Wildman–Crippen MR) is 104 cm³/mol. The molecule has 2 saturated heterocycles. The molecule has 0 saturated carbocycles. The molecule has 2 aliphatic heterocycles. The van der Waals surface area contributed by atoms with Gasteiger partial charge in [0.05, 0.1) is 9.21 Å². The van der Waals surface area contributed by atoms with Crippen molar-refractivity contribution in [2.45, 2.75) is 26.2 Å². The van der Waals surface area contributed by atoms with Crippen molar-refractivity contribution < 1.29 is 9.59 Å². The summed E-state index contributed by atoms with van der Waals surface area (Å²) < 4.78 is 0.625. The summed E-state index contributed by atoms with van der Waals surface area (Å²) >= 11 is 7.21. The zero-order valence-corrected chi connectivity index (χ0v) is 16.8. The molecule has 2 N–H and O–H groups in total. The zero-order chi connectivity index (χ0) is 17.3. The summed E-state index contributed by atoms with van der Waals surface area (Å²) in [5.74, 6) is 0.286. The second-order valence-corrected chi connectivity index (χ2v) is 8.91. The molecule has 2 aliphatic rings. The lowest BCUT2D eigenvalue weighted by Crippen LogP contribution is -2.44. The highest BCUT2D eigenvalue weighted by Crippen LogP contribution is 2.31. The molecular weight excluding hydrogens is 381 g/mol. The van der Waals surface area contributed by atoms with Gasteiger partial charge >= 0.3 is 0 Å². The first kappa shape index (κ1) is 20.5. The average molecular weight is 406 g/mol. The van der Waals surface area contributed by atoms with E-state index in [-0.39, 0.29) is 35.6 Å². The lowest BCUT2D eigenvalue weighted by molar-refractivity contribution is -0.136.